The summed E-state index contributed by atoms with van der Waals surface area (Å²) in [6.07, 6.45) is 12.6. The first kappa shape index (κ1) is 23.9. The van der Waals surface area contributed by atoms with Gasteiger partial charge in [0.05, 0.1) is 6.10 Å². The third kappa shape index (κ3) is 3.92. The lowest BCUT2D eigenvalue weighted by atomic mass is 9.47. The Labute approximate surface area is 201 Å². The summed E-state index contributed by atoms with van der Waals surface area (Å²) < 4.78 is 6.12. The number of carbonyl (C=O) groups excluding carboxylic acids is 1. The molecule has 0 radical (unpaired) electrons. The number of rotatable bonds is 3. The van der Waals surface area contributed by atoms with Gasteiger partial charge >= 0.3 is 5.97 Å². The number of fused-ring (bicyclic) bond motifs is 5. The smallest absolute Gasteiger partial charge is 0.302 e. The molecule has 11 atom stereocenters. The quantitative estimate of drug-likeness (QED) is 0.434. The molecule has 0 unspecified atom stereocenters. The van der Waals surface area contributed by atoms with Gasteiger partial charge in [0.1, 0.15) is 6.10 Å². The number of piperidine rings is 1. The fourth-order valence-corrected chi connectivity index (χ4v) is 9.66. The summed E-state index contributed by atoms with van der Waals surface area (Å²) in [4.78, 5) is 12.2. The van der Waals surface area contributed by atoms with Gasteiger partial charge in [0.25, 0.3) is 0 Å². The van der Waals surface area contributed by atoms with Crippen molar-refractivity contribution in [2.75, 3.05) is 6.54 Å². The summed E-state index contributed by atoms with van der Waals surface area (Å²) in [5.41, 5.74) is 2.03. The van der Waals surface area contributed by atoms with Gasteiger partial charge < -0.3 is 15.2 Å². The molecule has 2 N–H and O–H groups in total. The first-order valence-corrected chi connectivity index (χ1v) is 13.9. The van der Waals surface area contributed by atoms with E-state index in [1.54, 1.807) is 6.92 Å². The number of aliphatic hydroxyl groups excluding tert-OH is 1. The Balaban J connectivity index is 1.44. The van der Waals surface area contributed by atoms with Gasteiger partial charge in [-0.25, -0.2) is 0 Å². The number of hydrogen-bond acceptors (Lipinski definition) is 4. The van der Waals surface area contributed by atoms with Crippen LogP contribution in [0.1, 0.15) is 92.4 Å². The van der Waals surface area contributed by atoms with E-state index in [1.807, 2.05) is 0 Å². The van der Waals surface area contributed by atoms with Gasteiger partial charge in [-0.1, -0.05) is 39.3 Å². The van der Waals surface area contributed by atoms with Crippen molar-refractivity contribution in [1.82, 2.24) is 5.32 Å². The Bertz CT molecular complexity index is 786. The number of esters is 1. The summed E-state index contributed by atoms with van der Waals surface area (Å²) in [7, 11) is 0. The van der Waals surface area contributed by atoms with Crippen LogP contribution in [0.3, 0.4) is 0 Å². The zero-order valence-electron chi connectivity index (χ0n) is 21.6. The molecule has 0 aromatic carbocycles. The van der Waals surface area contributed by atoms with Crippen molar-refractivity contribution in [1.29, 1.82) is 0 Å². The molecule has 4 nitrogen and oxygen atoms in total. The number of aliphatic hydroxyl groups is 1. The molecule has 4 heteroatoms. The average molecular weight is 458 g/mol. The molecule has 0 spiro atoms. The minimum atomic E-state index is -0.148. The third-order valence-electron chi connectivity index (χ3n) is 11.4. The third-order valence-corrected chi connectivity index (χ3v) is 11.4. The second-order valence-corrected chi connectivity index (χ2v) is 13.2. The Morgan fingerprint density at radius 2 is 1.97 bits per heavy atom. The lowest BCUT2D eigenvalue weighted by Crippen LogP contribution is -2.53. The van der Waals surface area contributed by atoms with Crippen molar-refractivity contribution in [3.8, 4) is 0 Å². The number of allylic oxidation sites excluding steroid dienone is 1. The van der Waals surface area contributed by atoms with E-state index in [9.17, 15) is 9.90 Å². The zero-order chi connectivity index (χ0) is 23.5. The van der Waals surface area contributed by atoms with Crippen LogP contribution in [0.15, 0.2) is 11.6 Å². The summed E-state index contributed by atoms with van der Waals surface area (Å²) >= 11 is 0. The van der Waals surface area contributed by atoms with Crippen LogP contribution in [-0.2, 0) is 9.53 Å². The normalized spacial score (nSPS) is 50.4. The molecule has 1 heterocycles. The molecule has 0 amide bonds. The van der Waals surface area contributed by atoms with E-state index < -0.39 is 0 Å². The largest absolute Gasteiger partial charge is 0.462 e. The Hall–Kier alpha value is -0.870. The lowest BCUT2D eigenvalue weighted by molar-refractivity contribution is -0.151. The highest BCUT2D eigenvalue weighted by Crippen LogP contribution is 2.67. The number of hydrogen-bond donors (Lipinski definition) is 2. The minimum absolute atomic E-state index is 0.0544. The molecule has 0 aromatic heterocycles. The van der Waals surface area contributed by atoms with Crippen LogP contribution in [-0.4, -0.2) is 35.9 Å². The van der Waals surface area contributed by atoms with Gasteiger partial charge in [0.15, 0.2) is 0 Å². The van der Waals surface area contributed by atoms with Gasteiger partial charge in [-0.3, -0.25) is 4.79 Å². The standard InChI is InChI=1S/C29H47NO3/c1-17-6-9-25(30-16-17)18(2)27-26(33-19(3)31)15-24-22-8-7-20-14-21(32)10-12-28(20,4)23(22)11-13-29(24,27)5/h7,17-18,21-27,30,32H,6,8-16H2,1-5H3/t17-,18+,21-,22+,23-,24-,25+,26+,27-,28-,29-/m0/s1. The fourth-order valence-electron chi connectivity index (χ4n) is 9.66. The van der Waals surface area contributed by atoms with E-state index in [2.05, 4.69) is 39.1 Å². The molecule has 4 aliphatic carbocycles. The first-order valence-electron chi connectivity index (χ1n) is 13.9. The second-order valence-electron chi connectivity index (χ2n) is 13.2. The Morgan fingerprint density at radius 1 is 1.18 bits per heavy atom. The van der Waals surface area contributed by atoms with Crippen molar-refractivity contribution in [3.63, 3.8) is 0 Å². The van der Waals surface area contributed by atoms with Gasteiger partial charge in [0.2, 0.25) is 0 Å². The van der Waals surface area contributed by atoms with Crippen molar-refractivity contribution < 1.29 is 14.6 Å². The molecule has 186 valence electrons. The first-order chi connectivity index (χ1) is 15.6. The molecule has 0 aromatic rings. The number of nitrogens with one attached hydrogen (secondary N) is 1. The molecule has 0 bridgehead atoms. The molecule has 33 heavy (non-hydrogen) atoms. The SMILES string of the molecule is CC(=O)O[C@@H]1C[C@H]2[C@@H]3CC=C4C[C@@H](O)CC[C@]4(C)[C@H]3CC[C@]2(C)[C@H]1[C@H](C)[C@H]1CC[C@H](C)CN1. The molecule has 5 rings (SSSR count). The molecule has 1 aliphatic heterocycles. The monoisotopic (exact) mass is 457 g/mol. The maximum Gasteiger partial charge on any atom is 0.302 e. The average Bonchev–Trinajstić information content (AvgIpc) is 3.05. The van der Waals surface area contributed by atoms with E-state index in [4.69, 9.17) is 4.74 Å². The molecular weight excluding hydrogens is 410 g/mol. The summed E-state index contributed by atoms with van der Waals surface area (Å²) in [6.45, 7) is 12.5. The van der Waals surface area contributed by atoms with Gasteiger partial charge in [-0.15, -0.1) is 0 Å². The van der Waals surface area contributed by atoms with Crippen LogP contribution in [0.5, 0.6) is 0 Å². The highest BCUT2D eigenvalue weighted by Gasteiger charge is 2.63. The molecule has 1 saturated heterocycles. The number of ether oxygens (including phenoxy) is 1. The van der Waals surface area contributed by atoms with E-state index in [0.29, 0.717) is 35.6 Å². The van der Waals surface area contributed by atoms with Gasteiger partial charge in [-0.05, 0) is 105 Å². The predicted octanol–water partition coefficient (Wildman–Crippen LogP) is 5.49. The van der Waals surface area contributed by atoms with E-state index in [1.165, 1.54) is 31.3 Å². The highest BCUT2D eigenvalue weighted by molar-refractivity contribution is 5.66. The number of carbonyl (C=O) groups is 1. The van der Waals surface area contributed by atoms with E-state index in [-0.39, 0.29) is 29.0 Å². The maximum absolute atomic E-state index is 12.2. The Morgan fingerprint density at radius 3 is 2.67 bits per heavy atom. The summed E-state index contributed by atoms with van der Waals surface area (Å²) in [5, 5.41) is 14.2. The van der Waals surface area contributed by atoms with E-state index in [0.717, 1.165) is 44.6 Å². The van der Waals surface area contributed by atoms with Crippen LogP contribution in [0.4, 0.5) is 0 Å². The second kappa shape index (κ2) is 8.66. The van der Waals surface area contributed by atoms with Crippen LogP contribution >= 0.6 is 0 Å². The van der Waals surface area contributed by atoms with Gasteiger partial charge in [-0.2, -0.15) is 0 Å². The van der Waals surface area contributed by atoms with Crippen molar-refractivity contribution in [2.45, 2.75) is 111 Å². The van der Waals surface area contributed by atoms with Crippen molar-refractivity contribution >= 4 is 5.97 Å². The molecular formula is C29H47NO3. The topological polar surface area (TPSA) is 58.6 Å². The Kier molecular flexibility index (Phi) is 6.26. The summed E-state index contributed by atoms with van der Waals surface area (Å²) in [5.74, 6) is 3.62. The fraction of sp³-hybridized carbons (Fsp3) is 0.897. The molecule has 5 aliphatic rings. The van der Waals surface area contributed by atoms with Crippen LogP contribution < -0.4 is 5.32 Å². The lowest BCUT2D eigenvalue weighted by Gasteiger charge is -2.58. The van der Waals surface area contributed by atoms with Crippen molar-refractivity contribution in [3.05, 3.63) is 11.6 Å². The molecule has 3 saturated carbocycles. The highest BCUT2D eigenvalue weighted by atomic mass is 16.5. The van der Waals surface area contributed by atoms with E-state index >= 15 is 0 Å². The molecule has 4 fully saturated rings. The predicted molar refractivity (Wildman–Crippen MR) is 131 cm³/mol. The van der Waals surface area contributed by atoms with Crippen LogP contribution in [0.2, 0.25) is 0 Å². The summed E-state index contributed by atoms with van der Waals surface area (Å²) in [6, 6.07) is 0.535. The van der Waals surface area contributed by atoms with Gasteiger partial charge in [0, 0.05) is 18.9 Å². The zero-order valence-corrected chi connectivity index (χ0v) is 21.6. The maximum atomic E-state index is 12.2. The van der Waals surface area contributed by atoms with Crippen LogP contribution in [0.25, 0.3) is 0 Å². The van der Waals surface area contributed by atoms with Crippen molar-refractivity contribution in [2.24, 2.45) is 46.3 Å². The minimum Gasteiger partial charge on any atom is -0.462 e. The van der Waals surface area contributed by atoms with Crippen LogP contribution in [0, 0.1) is 46.3 Å².